The molecule has 0 aliphatic heterocycles. The molecular formula is C13H23NO3S2. The SMILES string of the molecule is Cc1sc(CO)cc1S(=O)(=O)NCCCCC(C)C. The Bertz CT molecular complexity index is 492. The van der Waals surface area contributed by atoms with Crippen LogP contribution in [0, 0.1) is 12.8 Å². The molecule has 1 aromatic heterocycles. The lowest BCUT2D eigenvalue weighted by atomic mass is 10.1. The molecule has 19 heavy (non-hydrogen) atoms. The van der Waals surface area contributed by atoms with Gasteiger partial charge in [-0.1, -0.05) is 26.7 Å². The van der Waals surface area contributed by atoms with Gasteiger partial charge in [0, 0.05) is 16.3 Å². The van der Waals surface area contributed by atoms with Crippen molar-refractivity contribution in [3.8, 4) is 0 Å². The van der Waals surface area contributed by atoms with Crippen LogP contribution in [-0.4, -0.2) is 20.1 Å². The first-order valence-electron chi connectivity index (χ1n) is 6.56. The van der Waals surface area contributed by atoms with Gasteiger partial charge in [0.2, 0.25) is 10.0 Å². The third-order valence-electron chi connectivity index (χ3n) is 2.87. The Balaban J connectivity index is 2.53. The van der Waals surface area contributed by atoms with Gasteiger partial charge in [0.1, 0.15) is 0 Å². The number of unbranched alkanes of at least 4 members (excludes halogenated alkanes) is 1. The average Bonchev–Trinajstić information content (AvgIpc) is 2.70. The zero-order valence-corrected chi connectivity index (χ0v) is 13.4. The van der Waals surface area contributed by atoms with Gasteiger partial charge < -0.3 is 5.11 Å². The van der Waals surface area contributed by atoms with Crippen molar-refractivity contribution in [2.45, 2.75) is 51.5 Å². The Kier molecular flexibility index (Phi) is 6.46. The van der Waals surface area contributed by atoms with Gasteiger partial charge >= 0.3 is 0 Å². The molecule has 1 aromatic rings. The molecule has 1 heterocycles. The molecule has 0 atom stereocenters. The second-order valence-corrected chi connectivity index (χ2v) is 8.15. The number of nitrogens with one attached hydrogen (secondary N) is 1. The number of aryl methyl sites for hydroxylation is 1. The van der Waals surface area contributed by atoms with Crippen molar-refractivity contribution < 1.29 is 13.5 Å². The van der Waals surface area contributed by atoms with Crippen LogP contribution in [0.1, 0.15) is 42.9 Å². The van der Waals surface area contributed by atoms with Crippen LogP contribution in [0.15, 0.2) is 11.0 Å². The fourth-order valence-corrected chi connectivity index (χ4v) is 4.40. The lowest BCUT2D eigenvalue weighted by Crippen LogP contribution is -2.25. The zero-order valence-electron chi connectivity index (χ0n) is 11.8. The van der Waals surface area contributed by atoms with E-state index in [-0.39, 0.29) is 6.61 Å². The predicted octanol–water partition coefficient (Wildman–Crippen LogP) is 2.65. The Morgan fingerprint density at radius 2 is 2.05 bits per heavy atom. The highest BCUT2D eigenvalue weighted by atomic mass is 32.2. The van der Waals surface area contributed by atoms with Crippen LogP contribution in [0.2, 0.25) is 0 Å². The van der Waals surface area contributed by atoms with Crippen molar-refractivity contribution in [3.63, 3.8) is 0 Å². The maximum absolute atomic E-state index is 12.1. The van der Waals surface area contributed by atoms with Crippen LogP contribution in [0.5, 0.6) is 0 Å². The first-order chi connectivity index (χ1) is 8.86. The molecule has 0 fully saturated rings. The van der Waals surface area contributed by atoms with E-state index in [1.165, 1.54) is 11.3 Å². The smallest absolute Gasteiger partial charge is 0.241 e. The fraction of sp³-hybridized carbons (Fsp3) is 0.692. The molecule has 0 radical (unpaired) electrons. The number of sulfonamides is 1. The summed E-state index contributed by atoms with van der Waals surface area (Å²) in [4.78, 5) is 1.70. The standard InChI is InChI=1S/C13H23NO3S2/c1-10(2)6-4-5-7-14-19(16,17)13-8-12(9-15)18-11(13)3/h8,10,14-15H,4-7,9H2,1-3H3. The summed E-state index contributed by atoms with van der Waals surface area (Å²) in [5.74, 6) is 0.655. The number of hydrogen-bond donors (Lipinski definition) is 2. The molecule has 0 aliphatic rings. The molecule has 2 N–H and O–H groups in total. The van der Waals surface area contributed by atoms with Crippen molar-refractivity contribution in [2.75, 3.05) is 6.54 Å². The molecule has 1 rings (SSSR count). The average molecular weight is 305 g/mol. The Morgan fingerprint density at radius 3 is 2.58 bits per heavy atom. The van der Waals surface area contributed by atoms with Crippen LogP contribution in [0.3, 0.4) is 0 Å². The summed E-state index contributed by atoms with van der Waals surface area (Å²) in [6.45, 7) is 6.44. The second kappa shape index (κ2) is 7.38. The van der Waals surface area contributed by atoms with E-state index in [1.54, 1.807) is 13.0 Å². The minimum Gasteiger partial charge on any atom is -0.391 e. The Labute approximate surface area is 119 Å². The van der Waals surface area contributed by atoms with E-state index in [0.717, 1.165) is 24.1 Å². The minimum atomic E-state index is -3.43. The molecule has 0 amide bonds. The van der Waals surface area contributed by atoms with Gasteiger partial charge in [-0.15, -0.1) is 11.3 Å². The summed E-state index contributed by atoms with van der Waals surface area (Å²) in [5, 5.41) is 9.03. The molecule has 4 nitrogen and oxygen atoms in total. The highest BCUT2D eigenvalue weighted by molar-refractivity contribution is 7.89. The number of aliphatic hydroxyl groups excluding tert-OH is 1. The van der Waals surface area contributed by atoms with Crippen LogP contribution < -0.4 is 4.72 Å². The van der Waals surface area contributed by atoms with E-state index in [0.29, 0.717) is 22.2 Å². The summed E-state index contributed by atoms with van der Waals surface area (Å²) in [5.41, 5.74) is 0. The monoisotopic (exact) mass is 305 g/mol. The van der Waals surface area contributed by atoms with Crippen molar-refractivity contribution in [1.82, 2.24) is 4.72 Å². The van der Waals surface area contributed by atoms with Crippen molar-refractivity contribution >= 4 is 21.4 Å². The van der Waals surface area contributed by atoms with Crippen LogP contribution in [0.25, 0.3) is 0 Å². The van der Waals surface area contributed by atoms with Gasteiger partial charge in [-0.3, -0.25) is 0 Å². The lowest BCUT2D eigenvalue weighted by Gasteiger charge is -2.07. The van der Waals surface area contributed by atoms with Crippen molar-refractivity contribution in [3.05, 3.63) is 15.8 Å². The molecule has 110 valence electrons. The molecule has 0 aliphatic carbocycles. The molecule has 0 saturated carbocycles. The largest absolute Gasteiger partial charge is 0.391 e. The van der Waals surface area contributed by atoms with Gasteiger partial charge in [0.05, 0.1) is 11.5 Å². The van der Waals surface area contributed by atoms with Crippen LogP contribution in [-0.2, 0) is 16.6 Å². The summed E-state index contributed by atoms with van der Waals surface area (Å²) < 4.78 is 26.8. The van der Waals surface area contributed by atoms with Gasteiger partial charge in [0.15, 0.2) is 0 Å². The maximum Gasteiger partial charge on any atom is 0.241 e. The quantitative estimate of drug-likeness (QED) is 0.726. The molecule has 0 spiro atoms. The van der Waals surface area contributed by atoms with E-state index >= 15 is 0 Å². The maximum atomic E-state index is 12.1. The first-order valence-corrected chi connectivity index (χ1v) is 8.86. The van der Waals surface area contributed by atoms with E-state index in [9.17, 15) is 8.42 Å². The molecule has 0 aromatic carbocycles. The third kappa shape index (κ3) is 5.22. The van der Waals surface area contributed by atoms with Crippen molar-refractivity contribution in [2.24, 2.45) is 5.92 Å². The topological polar surface area (TPSA) is 66.4 Å². The Hall–Kier alpha value is -0.430. The van der Waals surface area contributed by atoms with E-state index in [4.69, 9.17) is 5.11 Å². The Morgan fingerprint density at radius 1 is 1.37 bits per heavy atom. The van der Waals surface area contributed by atoms with Gasteiger partial charge in [-0.05, 0) is 25.3 Å². The molecule has 6 heteroatoms. The molecule has 0 unspecified atom stereocenters. The summed E-state index contributed by atoms with van der Waals surface area (Å²) >= 11 is 1.32. The normalized spacial score (nSPS) is 12.3. The number of hydrogen-bond acceptors (Lipinski definition) is 4. The number of thiophene rings is 1. The number of aliphatic hydroxyl groups is 1. The van der Waals surface area contributed by atoms with Crippen LogP contribution >= 0.6 is 11.3 Å². The molecule has 0 saturated heterocycles. The predicted molar refractivity (Wildman–Crippen MR) is 78.9 cm³/mol. The first kappa shape index (κ1) is 16.6. The zero-order chi connectivity index (χ0) is 14.5. The van der Waals surface area contributed by atoms with Gasteiger partial charge in [-0.25, -0.2) is 13.1 Å². The van der Waals surface area contributed by atoms with Crippen LogP contribution in [0.4, 0.5) is 0 Å². The lowest BCUT2D eigenvalue weighted by molar-refractivity contribution is 0.285. The highest BCUT2D eigenvalue weighted by Gasteiger charge is 2.19. The molecular weight excluding hydrogens is 282 g/mol. The van der Waals surface area contributed by atoms with Gasteiger partial charge in [0.25, 0.3) is 0 Å². The minimum absolute atomic E-state index is 0.116. The van der Waals surface area contributed by atoms with Gasteiger partial charge in [-0.2, -0.15) is 0 Å². The van der Waals surface area contributed by atoms with E-state index < -0.39 is 10.0 Å². The van der Waals surface area contributed by atoms with Crippen molar-refractivity contribution in [1.29, 1.82) is 0 Å². The second-order valence-electron chi connectivity index (χ2n) is 5.08. The highest BCUT2D eigenvalue weighted by Crippen LogP contribution is 2.25. The summed E-state index contributed by atoms with van der Waals surface area (Å²) in [6.07, 6.45) is 3.01. The third-order valence-corrected chi connectivity index (χ3v) is 5.62. The molecule has 0 bridgehead atoms. The van der Waals surface area contributed by atoms with E-state index in [1.807, 2.05) is 0 Å². The van der Waals surface area contributed by atoms with E-state index in [2.05, 4.69) is 18.6 Å². The summed E-state index contributed by atoms with van der Waals surface area (Å²) in [6, 6.07) is 1.55. The number of rotatable bonds is 8. The summed E-state index contributed by atoms with van der Waals surface area (Å²) in [7, 11) is -3.43. The fourth-order valence-electron chi connectivity index (χ4n) is 1.83.